The summed E-state index contributed by atoms with van der Waals surface area (Å²) < 4.78 is 18.7. The lowest BCUT2D eigenvalue weighted by molar-refractivity contribution is -0.118. The molecule has 0 saturated carbocycles. The molecule has 2 aromatic rings. The lowest BCUT2D eigenvalue weighted by Crippen LogP contribution is -2.31. The first-order chi connectivity index (χ1) is 13.5. The van der Waals surface area contributed by atoms with Crippen LogP contribution in [0.4, 0.5) is 15.8 Å². The van der Waals surface area contributed by atoms with Gasteiger partial charge in [-0.1, -0.05) is 18.2 Å². The van der Waals surface area contributed by atoms with Gasteiger partial charge in [0.2, 0.25) is 11.8 Å². The van der Waals surface area contributed by atoms with Crippen molar-refractivity contribution in [2.75, 3.05) is 37.5 Å². The van der Waals surface area contributed by atoms with Gasteiger partial charge in [0.25, 0.3) is 0 Å². The topological polar surface area (TPSA) is 61.9 Å². The predicted molar refractivity (Wildman–Crippen MR) is 106 cm³/mol. The number of hydrogen-bond acceptors (Lipinski definition) is 4. The number of halogens is 1. The lowest BCUT2D eigenvalue weighted by atomic mass is 10.2. The predicted octanol–water partition coefficient (Wildman–Crippen LogP) is 3.03. The van der Waals surface area contributed by atoms with Crippen molar-refractivity contribution in [1.82, 2.24) is 4.90 Å². The van der Waals surface area contributed by atoms with Crippen molar-refractivity contribution in [1.29, 1.82) is 0 Å². The van der Waals surface area contributed by atoms with Crippen LogP contribution in [0.2, 0.25) is 0 Å². The van der Waals surface area contributed by atoms with Crippen LogP contribution in [-0.4, -0.2) is 44.0 Å². The molecule has 3 rings (SSSR count). The summed E-state index contributed by atoms with van der Waals surface area (Å²) in [5, 5.41) is 2.89. The Morgan fingerprint density at radius 2 is 2.07 bits per heavy atom. The summed E-state index contributed by atoms with van der Waals surface area (Å²) in [5.41, 5.74) is 2.08. The summed E-state index contributed by atoms with van der Waals surface area (Å²) in [6, 6.07) is 12.0. The van der Waals surface area contributed by atoms with Crippen LogP contribution < -0.4 is 15.0 Å². The fourth-order valence-corrected chi connectivity index (χ4v) is 3.33. The number of ether oxygens (including phenoxy) is 1. The largest absolute Gasteiger partial charge is 0.494 e. The van der Waals surface area contributed by atoms with Gasteiger partial charge in [-0.3, -0.25) is 14.5 Å². The standard InChI is InChI=1S/C21H24FN3O3/c1-24(13-15-9-10-19(28-2)16(22)12-15)14-20(26)23-17-6-3-4-7-18(17)25-11-5-8-21(25)27/h3-4,6-7,9-10,12H,5,8,11,13-14H2,1-2H3,(H,23,26). The van der Waals surface area contributed by atoms with Crippen LogP contribution >= 0.6 is 0 Å². The Kier molecular flexibility index (Phi) is 6.26. The maximum Gasteiger partial charge on any atom is 0.238 e. The Morgan fingerprint density at radius 1 is 1.29 bits per heavy atom. The highest BCUT2D eigenvalue weighted by Gasteiger charge is 2.24. The number of rotatable bonds is 7. The number of nitrogens with one attached hydrogen (secondary N) is 1. The van der Waals surface area contributed by atoms with E-state index in [1.54, 1.807) is 35.0 Å². The van der Waals surface area contributed by atoms with Gasteiger partial charge in [-0.05, 0) is 43.3 Å². The number of likely N-dealkylation sites (N-methyl/N-ethyl adjacent to an activating group) is 1. The third-order valence-electron chi connectivity index (χ3n) is 4.62. The number of carbonyl (C=O) groups excluding carboxylic acids is 2. The van der Waals surface area contributed by atoms with Crippen molar-refractivity contribution in [2.45, 2.75) is 19.4 Å². The van der Waals surface area contributed by atoms with Crippen molar-refractivity contribution in [3.63, 3.8) is 0 Å². The molecule has 0 radical (unpaired) electrons. The molecule has 0 bridgehead atoms. The highest BCUT2D eigenvalue weighted by Crippen LogP contribution is 2.29. The molecule has 7 heteroatoms. The van der Waals surface area contributed by atoms with E-state index < -0.39 is 5.82 Å². The minimum absolute atomic E-state index is 0.0698. The molecule has 1 N–H and O–H groups in total. The smallest absolute Gasteiger partial charge is 0.238 e. The van der Waals surface area contributed by atoms with E-state index in [0.29, 0.717) is 25.2 Å². The van der Waals surface area contributed by atoms with Crippen LogP contribution in [0.1, 0.15) is 18.4 Å². The molecule has 1 fully saturated rings. The molecule has 148 valence electrons. The van der Waals surface area contributed by atoms with Crippen molar-refractivity contribution in [3.8, 4) is 5.75 Å². The van der Waals surface area contributed by atoms with E-state index in [0.717, 1.165) is 17.7 Å². The van der Waals surface area contributed by atoms with Gasteiger partial charge in [-0.25, -0.2) is 4.39 Å². The Balaban J connectivity index is 1.61. The van der Waals surface area contributed by atoms with Gasteiger partial charge in [0.1, 0.15) is 0 Å². The average Bonchev–Trinajstić information content (AvgIpc) is 3.08. The summed E-state index contributed by atoms with van der Waals surface area (Å²) >= 11 is 0. The zero-order valence-electron chi connectivity index (χ0n) is 16.1. The second kappa shape index (κ2) is 8.84. The number of para-hydroxylation sites is 2. The van der Waals surface area contributed by atoms with E-state index in [-0.39, 0.29) is 24.1 Å². The van der Waals surface area contributed by atoms with Crippen LogP contribution in [0.15, 0.2) is 42.5 Å². The van der Waals surface area contributed by atoms with E-state index in [1.165, 1.54) is 13.2 Å². The number of carbonyl (C=O) groups is 2. The Morgan fingerprint density at radius 3 is 2.75 bits per heavy atom. The van der Waals surface area contributed by atoms with Crippen LogP contribution in [0.5, 0.6) is 5.75 Å². The number of methoxy groups -OCH3 is 1. The fraction of sp³-hybridized carbons (Fsp3) is 0.333. The molecular formula is C21H24FN3O3. The number of nitrogens with zero attached hydrogens (tertiary/aromatic N) is 2. The Bertz CT molecular complexity index is 872. The van der Waals surface area contributed by atoms with Gasteiger partial charge in [0.15, 0.2) is 11.6 Å². The van der Waals surface area contributed by atoms with Crippen molar-refractivity contribution in [2.24, 2.45) is 0 Å². The van der Waals surface area contributed by atoms with Gasteiger partial charge in [0, 0.05) is 19.5 Å². The van der Waals surface area contributed by atoms with Gasteiger partial charge in [0.05, 0.1) is 25.0 Å². The summed E-state index contributed by atoms with van der Waals surface area (Å²) in [6.45, 7) is 1.21. The molecule has 28 heavy (non-hydrogen) atoms. The summed E-state index contributed by atoms with van der Waals surface area (Å²) in [7, 11) is 3.21. The molecule has 1 aliphatic rings. The zero-order valence-corrected chi connectivity index (χ0v) is 16.1. The van der Waals surface area contributed by atoms with Crippen LogP contribution in [0.25, 0.3) is 0 Å². The molecule has 1 saturated heterocycles. The van der Waals surface area contributed by atoms with E-state index in [2.05, 4.69) is 5.32 Å². The molecule has 1 heterocycles. The van der Waals surface area contributed by atoms with E-state index in [4.69, 9.17) is 4.74 Å². The molecule has 0 aliphatic carbocycles. The average molecular weight is 385 g/mol. The fourth-order valence-electron chi connectivity index (χ4n) is 3.33. The second-order valence-corrected chi connectivity index (χ2v) is 6.86. The molecule has 2 amide bonds. The summed E-state index contributed by atoms with van der Waals surface area (Å²) in [6.07, 6.45) is 1.35. The van der Waals surface area contributed by atoms with Gasteiger partial charge in [-0.15, -0.1) is 0 Å². The Labute approximate surface area is 163 Å². The molecule has 6 nitrogen and oxygen atoms in total. The number of hydrogen-bond donors (Lipinski definition) is 1. The maximum absolute atomic E-state index is 13.8. The molecule has 0 atom stereocenters. The lowest BCUT2D eigenvalue weighted by Gasteiger charge is -2.21. The third-order valence-corrected chi connectivity index (χ3v) is 4.62. The minimum Gasteiger partial charge on any atom is -0.494 e. The third kappa shape index (κ3) is 4.67. The second-order valence-electron chi connectivity index (χ2n) is 6.86. The van der Waals surface area contributed by atoms with Crippen LogP contribution in [0, 0.1) is 5.82 Å². The first kappa shape index (κ1) is 19.8. The maximum atomic E-state index is 13.8. The Hall–Kier alpha value is -2.93. The molecule has 1 aliphatic heterocycles. The minimum atomic E-state index is -0.429. The van der Waals surface area contributed by atoms with Gasteiger partial charge in [-0.2, -0.15) is 0 Å². The van der Waals surface area contributed by atoms with Gasteiger partial charge >= 0.3 is 0 Å². The van der Waals surface area contributed by atoms with E-state index in [1.807, 2.05) is 18.2 Å². The van der Waals surface area contributed by atoms with Gasteiger partial charge < -0.3 is 15.0 Å². The molecule has 0 spiro atoms. The zero-order chi connectivity index (χ0) is 20.1. The first-order valence-corrected chi connectivity index (χ1v) is 9.18. The quantitative estimate of drug-likeness (QED) is 0.796. The van der Waals surface area contributed by atoms with Crippen molar-refractivity contribution in [3.05, 3.63) is 53.8 Å². The molecular weight excluding hydrogens is 361 g/mol. The molecule has 0 aromatic heterocycles. The monoisotopic (exact) mass is 385 g/mol. The van der Waals surface area contributed by atoms with E-state index >= 15 is 0 Å². The van der Waals surface area contributed by atoms with Crippen molar-refractivity contribution >= 4 is 23.2 Å². The normalized spacial score (nSPS) is 13.9. The highest BCUT2D eigenvalue weighted by molar-refractivity contribution is 6.02. The summed E-state index contributed by atoms with van der Waals surface area (Å²) in [4.78, 5) is 28.0. The SMILES string of the molecule is COc1ccc(CN(C)CC(=O)Nc2ccccc2N2CCCC2=O)cc1F. The molecule has 0 unspecified atom stereocenters. The van der Waals surface area contributed by atoms with Crippen molar-refractivity contribution < 1.29 is 18.7 Å². The summed E-state index contributed by atoms with van der Waals surface area (Å²) in [5.74, 6) is -0.366. The number of amides is 2. The molecule has 2 aromatic carbocycles. The van der Waals surface area contributed by atoms with Crippen LogP contribution in [-0.2, 0) is 16.1 Å². The van der Waals surface area contributed by atoms with E-state index in [9.17, 15) is 14.0 Å². The highest BCUT2D eigenvalue weighted by atomic mass is 19.1. The van der Waals surface area contributed by atoms with Crippen LogP contribution in [0.3, 0.4) is 0 Å². The number of benzene rings is 2. The number of anilines is 2. The first-order valence-electron chi connectivity index (χ1n) is 9.18.